The highest BCUT2D eigenvalue weighted by Gasteiger charge is 2.43. The van der Waals surface area contributed by atoms with Crippen molar-refractivity contribution in [3.63, 3.8) is 0 Å². The van der Waals surface area contributed by atoms with E-state index in [0.29, 0.717) is 17.0 Å². The van der Waals surface area contributed by atoms with Gasteiger partial charge in [-0.05, 0) is 31.1 Å². The first-order chi connectivity index (χ1) is 9.42. The van der Waals surface area contributed by atoms with E-state index >= 15 is 0 Å². The van der Waals surface area contributed by atoms with E-state index in [1.54, 1.807) is 0 Å². The van der Waals surface area contributed by atoms with Gasteiger partial charge in [-0.15, -0.1) is 0 Å². The first-order valence-corrected chi connectivity index (χ1v) is 8.92. The Morgan fingerprint density at radius 2 is 1.65 bits per heavy atom. The Balaban J connectivity index is 2.18. The summed E-state index contributed by atoms with van der Waals surface area (Å²) in [7, 11) is 0. The van der Waals surface area contributed by atoms with Crippen molar-refractivity contribution >= 4 is 0 Å². The van der Waals surface area contributed by atoms with E-state index in [0.717, 1.165) is 6.04 Å². The van der Waals surface area contributed by atoms with Crippen molar-refractivity contribution in [2.45, 2.75) is 97.2 Å². The van der Waals surface area contributed by atoms with E-state index < -0.39 is 0 Å². The van der Waals surface area contributed by atoms with Crippen molar-refractivity contribution in [2.24, 2.45) is 5.41 Å². The van der Waals surface area contributed by atoms with Gasteiger partial charge in [0.25, 0.3) is 0 Å². The summed E-state index contributed by atoms with van der Waals surface area (Å²) in [6.45, 7) is 14.4. The maximum Gasteiger partial charge on any atom is 0.0304 e. The molecule has 1 aliphatic carbocycles. The molecule has 1 saturated heterocycles. The molecule has 2 fully saturated rings. The van der Waals surface area contributed by atoms with Crippen LogP contribution in [0.15, 0.2) is 0 Å². The number of piperazine rings is 1. The Bertz CT molecular complexity index is 295. The fourth-order valence-corrected chi connectivity index (χ4v) is 4.27. The Kier molecular flexibility index (Phi) is 5.18. The minimum Gasteiger partial charge on any atom is -0.308 e. The van der Waals surface area contributed by atoms with Crippen LogP contribution in [0.2, 0.25) is 0 Å². The van der Waals surface area contributed by atoms with Crippen LogP contribution in [0, 0.1) is 5.41 Å². The standard InChI is InChI=1S/C18H36N2/c1-6-18(7-2)14-20(15-11-9-8-10-12-15)16(13-19-18)17(3,4)5/h15-16,19H,6-14H2,1-5H3. The normalized spacial score (nSPS) is 29.6. The Hall–Kier alpha value is -0.0800. The smallest absolute Gasteiger partial charge is 0.0304 e. The summed E-state index contributed by atoms with van der Waals surface area (Å²) in [6.07, 6.45) is 9.70. The van der Waals surface area contributed by atoms with Crippen LogP contribution in [0.1, 0.15) is 79.6 Å². The fraction of sp³-hybridized carbons (Fsp3) is 1.00. The second-order valence-electron chi connectivity index (χ2n) is 8.21. The molecule has 20 heavy (non-hydrogen) atoms. The van der Waals surface area contributed by atoms with Crippen LogP contribution in [-0.4, -0.2) is 35.6 Å². The van der Waals surface area contributed by atoms with Gasteiger partial charge in [-0.3, -0.25) is 4.90 Å². The predicted octanol–water partition coefficient (Wildman–Crippen LogP) is 4.20. The second kappa shape index (κ2) is 6.36. The molecule has 1 heterocycles. The van der Waals surface area contributed by atoms with Crippen LogP contribution in [-0.2, 0) is 0 Å². The minimum atomic E-state index is 0.360. The maximum atomic E-state index is 3.92. The topological polar surface area (TPSA) is 15.3 Å². The molecule has 2 nitrogen and oxygen atoms in total. The van der Waals surface area contributed by atoms with Crippen molar-refractivity contribution in [1.82, 2.24) is 10.2 Å². The van der Waals surface area contributed by atoms with Crippen LogP contribution in [0.5, 0.6) is 0 Å². The third-order valence-corrected chi connectivity index (χ3v) is 5.95. The van der Waals surface area contributed by atoms with Crippen LogP contribution >= 0.6 is 0 Å². The van der Waals surface area contributed by atoms with Crippen molar-refractivity contribution in [2.75, 3.05) is 13.1 Å². The second-order valence-corrected chi connectivity index (χ2v) is 8.21. The zero-order valence-corrected chi connectivity index (χ0v) is 14.5. The van der Waals surface area contributed by atoms with Gasteiger partial charge < -0.3 is 5.32 Å². The monoisotopic (exact) mass is 280 g/mol. The fourth-order valence-electron chi connectivity index (χ4n) is 4.27. The maximum absolute atomic E-state index is 3.92. The van der Waals surface area contributed by atoms with Gasteiger partial charge in [-0.1, -0.05) is 53.9 Å². The summed E-state index contributed by atoms with van der Waals surface area (Å²) in [5.74, 6) is 0. The van der Waals surface area contributed by atoms with Crippen molar-refractivity contribution in [1.29, 1.82) is 0 Å². The summed E-state index contributed by atoms with van der Waals surface area (Å²) in [4.78, 5) is 2.91. The SMILES string of the molecule is CCC1(CC)CN(C2CCCCC2)C(C(C)(C)C)CN1. The summed E-state index contributed by atoms with van der Waals surface area (Å²) < 4.78 is 0. The first kappa shape index (κ1) is 16.3. The molecule has 0 bridgehead atoms. The zero-order valence-electron chi connectivity index (χ0n) is 14.5. The Labute approximate surface area is 126 Å². The molecule has 2 aliphatic rings. The van der Waals surface area contributed by atoms with Gasteiger partial charge in [0.15, 0.2) is 0 Å². The number of nitrogens with one attached hydrogen (secondary N) is 1. The van der Waals surface area contributed by atoms with Crippen LogP contribution in [0.4, 0.5) is 0 Å². The van der Waals surface area contributed by atoms with Crippen molar-refractivity contribution in [3.05, 3.63) is 0 Å². The highest BCUT2D eigenvalue weighted by molar-refractivity contribution is 5.02. The number of hydrogen-bond acceptors (Lipinski definition) is 2. The van der Waals surface area contributed by atoms with Crippen LogP contribution < -0.4 is 5.32 Å². The molecule has 1 N–H and O–H groups in total. The molecule has 0 amide bonds. The third-order valence-electron chi connectivity index (χ3n) is 5.95. The molecule has 2 heteroatoms. The molecule has 0 aromatic heterocycles. The van der Waals surface area contributed by atoms with Crippen molar-refractivity contribution in [3.8, 4) is 0 Å². The molecular weight excluding hydrogens is 244 g/mol. The Morgan fingerprint density at radius 1 is 1.05 bits per heavy atom. The zero-order chi connectivity index (χ0) is 14.8. The largest absolute Gasteiger partial charge is 0.308 e. The average molecular weight is 280 g/mol. The molecular formula is C18H36N2. The molecule has 0 aromatic carbocycles. The molecule has 1 atom stereocenters. The summed E-state index contributed by atoms with van der Waals surface area (Å²) >= 11 is 0. The number of nitrogens with zero attached hydrogens (tertiary/aromatic N) is 1. The van der Waals surface area contributed by atoms with E-state index in [1.807, 2.05) is 0 Å². The van der Waals surface area contributed by atoms with Gasteiger partial charge in [0.1, 0.15) is 0 Å². The molecule has 1 unspecified atom stereocenters. The van der Waals surface area contributed by atoms with E-state index in [4.69, 9.17) is 0 Å². The molecule has 0 aromatic rings. The molecule has 0 spiro atoms. The lowest BCUT2D eigenvalue weighted by Crippen LogP contribution is -2.68. The van der Waals surface area contributed by atoms with Gasteiger partial charge in [0.2, 0.25) is 0 Å². The lowest BCUT2D eigenvalue weighted by molar-refractivity contribution is -0.0209. The summed E-state index contributed by atoms with van der Waals surface area (Å²) in [6, 6.07) is 1.53. The Morgan fingerprint density at radius 3 is 2.15 bits per heavy atom. The summed E-state index contributed by atoms with van der Waals surface area (Å²) in [5, 5.41) is 3.92. The molecule has 0 radical (unpaired) electrons. The number of rotatable bonds is 3. The van der Waals surface area contributed by atoms with Gasteiger partial charge in [0.05, 0.1) is 0 Å². The van der Waals surface area contributed by atoms with Gasteiger partial charge in [0, 0.05) is 30.7 Å². The minimum absolute atomic E-state index is 0.360. The highest BCUT2D eigenvalue weighted by Crippen LogP contribution is 2.36. The molecule has 1 saturated carbocycles. The van der Waals surface area contributed by atoms with Crippen LogP contribution in [0.25, 0.3) is 0 Å². The lowest BCUT2D eigenvalue weighted by Gasteiger charge is -2.54. The van der Waals surface area contributed by atoms with Gasteiger partial charge in [-0.25, -0.2) is 0 Å². The van der Waals surface area contributed by atoms with E-state index in [2.05, 4.69) is 44.8 Å². The quantitative estimate of drug-likeness (QED) is 0.833. The van der Waals surface area contributed by atoms with E-state index in [-0.39, 0.29) is 0 Å². The van der Waals surface area contributed by atoms with E-state index in [1.165, 1.54) is 58.0 Å². The lowest BCUT2D eigenvalue weighted by atomic mass is 9.78. The molecule has 118 valence electrons. The first-order valence-electron chi connectivity index (χ1n) is 8.92. The molecule has 1 aliphatic heterocycles. The van der Waals surface area contributed by atoms with Crippen molar-refractivity contribution < 1.29 is 0 Å². The number of hydrogen-bond donors (Lipinski definition) is 1. The summed E-state index contributed by atoms with van der Waals surface area (Å²) in [5.41, 5.74) is 0.733. The van der Waals surface area contributed by atoms with Gasteiger partial charge >= 0.3 is 0 Å². The average Bonchev–Trinajstić information content (AvgIpc) is 2.46. The highest BCUT2D eigenvalue weighted by atomic mass is 15.3. The van der Waals surface area contributed by atoms with Crippen LogP contribution in [0.3, 0.4) is 0 Å². The molecule has 2 rings (SSSR count). The third kappa shape index (κ3) is 3.39. The predicted molar refractivity (Wildman–Crippen MR) is 88.1 cm³/mol. The van der Waals surface area contributed by atoms with Gasteiger partial charge in [-0.2, -0.15) is 0 Å². The van der Waals surface area contributed by atoms with E-state index in [9.17, 15) is 0 Å².